The molecule has 1 aromatic carbocycles. The number of ether oxygens (including phenoxy) is 1. The van der Waals surface area contributed by atoms with Crippen LogP contribution in [0, 0.1) is 0 Å². The highest BCUT2D eigenvalue weighted by atomic mass is 32.1. The molecule has 0 fully saturated rings. The predicted octanol–water partition coefficient (Wildman–Crippen LogP) is 4.03. The molecule has 2 aromatic rings. The summed E-state index contributed by atoms with van der Waals surface area (Å²) in [6.07, 6.45) is -0.373. The van der Waals surface area contributed by atoms with Crippen LogP contribution in [0.25, 0.3) is 11.1 Å². The Morgan fingerprint density at radius 1 is 1.13 bits per heavy atom. The van der Waals surface area contributed by atoms with E-state index in [-0.39, 0.29) is 6.09 Å². The third-order valence-corrected chi connectivity index (χ3v) is 3.97. The Labute approximate surface area is 141 Å². The first-order valence-corrected chi connectivity index (χ1v) is 8.62. The highest BCUT2D eigenvalue weighted by Crippen LogP contribution is 2.25. The smallest absolute Gasteiger partial charge is 0.407 e. The number of benzene rings is 1. The Bertz CT molecular complexity index is 617. The second-order valence-electron chi connectivity index (χ2n) is 6.27. The normalized spacial score (nSPS) is 11.3. The van der Waals surface area contributed by atoms with E-state index in [9.17, 15) is 4.79 Å². The van der Waals surface area contributed by atoms with Crippen LogP contribution in [0.1, 0.15) is 25.6 Å². The van der Waals surface area contributed by atoms with E-state index in [1.54, 1.807) is 11.3 Å². The van der Waals surface area contributed by atoms with Gasteiger partial charge >= 0.3 is 6.09 Å². The zero-order valence-electron chi connectivity index (χ0n) is 13.9. The van der Waals surface area contributed by atoms with Crippen molar-refractivity contribution in [3.8, 4) is 11.1 Å². The second-order valence-corrected chi connectivity index (χ2v) is 7.27. The van der Waals surface area contributed by atoms with E-state index in [1.807, 2.05) is 39.0 Å². The quantitative estimate of drug-likeness (QED) is 0.785. The third kappa shape index (κ3) is 6.42. The van der Waals surface area contributed by atoms with Crippen LogP contribution in [0.4, 0.5) is 4.79 Å². The Balaban J connectivity index is 1.68. The van der Waals surface area contributed by atoms with Crippen LogP contribution in [0.15, 0.2) is 41.8 Å². The summed E-state index contributed by atoms with van der Waals surface area (Å²) in [4.78, 5) is 12.8. The van der Waals surface area contributed by atoms with Gasteiger partial charge in [-0.05, 0) is 43.3 Å². The molecular formula is C18H24N2O2S. The third-order valence-electron chi connectivity index (χ3n) is 3.03. The van der Waals surface area contributed by atoms with Crippen molar-refractivity contribution in [1.29, 1.82) is 0 Å². The van der Waals surface area contributed by atoms with Crippen LogP contribution in [0.3, 0.4) is 0 Å². The molecular weight excluding hydrogens is 308 g/mol. The van der Waals surface area contributed by atoms with Gasteiger partial charge in [-0.2, -0.15) is 0 Å². The average molecular weight is 332 g/mol. The number of hydrogen-bond acceptors (Lipinski definition) is 4. The summed E-state index contributed by atoms with van der Waals surface area (Å²) in [5, 5.41) is 8.23. The number of nitrogens with one attached hydrogen (secondary N) is 2. The van der Waals surface area contributed by atoms with Crippen LogP contribution in [0.5, 0.6) is 0 Å². The molecule has 0 aliphatic rings. The van der Waals surface area contributed by atoms with E-state index in [0.717, 1.165) is 6.54 Å². The van der Waals surface area contributed by atoms with Gasteiger partial charge in [0.1, 0.15) is 5.60 Å². The minimum absolute atomic E-state index is 0.373. The molecule has 4 nitrogen and oxygen atoms in total. The monoisotopic (exact) mass is 332 g/mol. The molecule has 0 spiro atoms. The van der Waals surface area contributed by atoms with Crippen LogP contribution < -0.4 is 10.6 Å². The van der Waals surface area contributed by atoms with Crippen molar-refractivity contribution in [2.75, 3.05) is 13.1 Å². The van der Waals surface area contributed by atoms with Crippen molar-refractivity contribution in [3.05, 3.63) is 46.7 Å². The molecule has 124 valence electrons. The Hall–Kier alpha value is -1.85. The van der Waals surface area contributed by atoms with Crippen molar-refractivity contribution in [2.24, 2.45) is 0 Å². The van der Waals surface area contributed by atoms with Gasteiger partial charge < -0.3 is 15.4 Å². The van der Waals surface area contributed by atoms with Gasteiger partial charge in [0.15, 0.2) is 0 Å². The lowest BCUT2D eigenvalue weighted by atomic mass is 10.1. The maximum absolute atomic E-state index is 11.5. The van der Waals surface area contributed by atoms with Gasteiger partial charge in [0.05, 0.1) is 0 Å². The van der Waals surface area contributed by atoms with Crippen LogP contribution in [-0.2, 0) is 11.3 Å². The maximum atomic E-state index is 11.5. The van der Waals surface area contributed by atoms with Gasteiger partial charge in [0.25, 0.3) is 0 Å². The van der Waals surface area contributed by atoms with Crippen molar-refractivity contribution in [2.45, 2.75) is 32.9 Å². The molecule has 1 amide bonds. The molecule has 0 saturated heterocycles. The molecule has 0 aliphatic heterocycles. The first-order valence-electron chi connectivity index (χ1n) is 7.74. The van der Waals surface area contributed by atoms with Crippen LogP contribution >= 0.6 is 11.3 Å². The van der Waals surface area contributed by atoms with Crippen molar-refractivity contribution in [1.82, 2.24) is 10.6 Å². The fraction of sp³-hybridized carbons (Fsp3) is 0.389. The van der Waals surface area contributed by atoms with Gasteiger partial charge in [0.2, 0.25) is 0 Å². The highest BCUT2D eigenvalue weighted by Gasteiger charge is 2.15. The lowest BCUT2D eigenvalue weighted by molar-refractivity contribution is 0.0528. The first kappa shape index (κ1) is 17.5. The van der Waals surface area contributed by atoms with Crippen LogP contribution in [-0.4, -0.2) is 24.8 Å². The average Bonchev–Trinajstić information content (AvgIpc) is 2.95. The molecule has 5 heteroatoms. The van der Waals surface area contributed by atoms with E-state index >= 15 is 0 Å². The van der Waals surface area contributed by atoms with E-state index in [1.165, 1.54) is 16.0 Å². The van der Waals surface area contributed by atoms with Crippen molar-refractivity contribution < 1.29 is 9.53 Å². The molecule has 1 aromatic heterocycles. The summed E-state index contributed by atoms with van der Waals surface area (Å²) in [6.45, 7) is 7.61. The summed E-state index contributed by atoms with van der Waals surface area (Å²) < 4.78 is 5.18. The van der Waals surface area contributed by atoms with Crippen molar-refractivity contribution >= 4 is 17.4 Å². The fourth-order valence-corrected chi connectivity index (χ4v) is 2.90. The first-order chi connectivity index (χ1) is 10.9. The Kier molecular flexibility index (Phi) is 6.19. The topological polar surface area (TPSA) is 50.4 Å². The summed E-state index contributed by atoms with van der Waals surface area (Å²) in [6, 6.07) is 12.6. The van der Waals surface area contributed by atoms with E-state index in [2.05, 4.69) is 34.2 Å². The Morgan fingerprint density at radius 3 is 2.57 bits per heavy atom. The number of alkyl carbamates (subject to hydrolysis) is 1. The molecule has 0 radical (unpaired) electrons. The lowest BCUT2D eigenvalue weighted by Crippen LogP contribution is -2.36. The molecule has 1 heterocycles. The number of amides is 1. The van der Waals surface area contributed by atoms with E-state index in [4.69, 9.17) is 4.74 Å². The van der Waals surface area contributed by atoms with E-state index < -0.39 is 5.60 Å². The summed E-state index contributed by atoms with van der Waals surface area (Å²) in [5.41, 5.74) is 2.03. The molecule has 0 bridgehead atoms. The minimum Gasteiger partial charge on any atom is -0.444 e. The van der Waals surface area contributed by atoms with Gasteiger partial charge in [-0.25, -0.2) is 4.79 Å². The zero-order valence-corrected chi connectivity index (χ0v) is 14.7. The minimum atomic E-state index is -0.456. The predicted molar refractivity (Wildman–Crippen MR) is 95.7 cm³/mol. The molecule has 2 N–H and O–H groups in total. The number of rotatable bonds is 6. The van der Waals surface area contributed by atoms with Gasteiger partial charge in [-0.15, -0.1) is 11.3 Å². The van der Waals surface area contributed by atoms with E-state index in [0.29, 0.717) is 13.1 Å². The van der Waals surface area contributed by atoms with Crippen molar-refractivity contribution in [3.63, 3.8) is 0 Å². The van der Waals surface area contributed by atoms with Gasteiger partial charge in [-0.1, -0.05) is 30.3 Å². The molecule has 0 unspecified atom stereocenters. The molecule has 2 rings (SSSR count). The number of thiophene rings is 1. The summed E-state index contributed by atoms with van der Waals surface area (Å²) in [5.74, 6) is 0. The maximum Gasteiger partial charge on any atom is 0.407 e. The lowest BCUT2D eigenvalue weighted by Gasteiger charge is -2.19. The molecule has 0 aliphatic carbocycles. The SMILES string of the molecule is CC(C)(C)OC(=O)NCCNCc1cc(-c2ccccc2)cs1. The summed E-state index contributed by atoms with van der Waals surface area (Å²) >= 11 is 1.74. The highest BCUT2D eigenvalue weighted by molar-refractivity contribution is 7.10. The standard InChI is InChI=1S/C18H24N2O2S/c1-18(2,3)22-17(21)20-10-9-19-12-16-11-15(13-23-16)14-7-5-4-6-8-14/h4-8,11,13,19H,9-10,12H2,1-3H3,(H,20,21). The summed E-state index contributed by atoms with van der Waals surface area (Å²) in [7, 11) is 0. The largest absolute Gasteiger partial charge is 0.444 e. The van der Waals surface area contributed by atoms with Gasteiger partial charge in [0, 0.05) is 24.5 Å². The van der Waals surface area contributed by atoms with Gasteiger partial charge in [-0.3, -0.25) is 0 Å². The number of carbonyl (C=O) groups excluding carboxylic acids is 1. The van der Waals surface area contributed by atoms with Crippen LogP contribution in [0.2, 0.25) is 0 Å². The number of carbonyl (C=O) groups is 1. The molecule has 0 atom stereocenters. The zero-order chi connectivity index (χ0) is 16.7. The fourth-order valence-electron chi connectivity index (χ4n) is 2.03. The molecule has 23 heavy (non-hydrogen) atoms. The Morgan fingerprint density at radius 2 is 1.87 bits per heavy atom. The number of hydrogen-bond donors (Lipinski definition) is 2. The second kappa shape index (κ2) is 8.13. The molecule has 0 saturated carbocycles.